The van der Waals surface area contributed by atoms with Gasteiger partial charge >= 0.3 is 0 Å². The van der Waals surface area contributed by atoms with Crippen molar-refractivity contribution in [2.24, 2.45) is 7.05 Å². The minimum Gasteiger partial charge on any atom is -0.310 e. The molecule has 2 heterocycles. The van der Waals surface area contributed by atoms with E-state index in [1.807, 2.05) is 11.7 Å². The van der Waals surface area contributed by atoms with Crippen LogP contribution in [0.1, 0.15) is 57.7 Å². The summed E-state index contributed by atoms with van der Waals surface area (Å²) in [5.41, 5.74) is 2.70. The van der Waals surface area contributed by atoms with Crippen LogP contribution in [-0.4, -0.2) is 39.9 Å². The molecule has 1 N–H and O–H groups in total. The Morgan fingerprint density at radius 3 is 2.43 bits per heavy atom. The molecule has 1 saturated heterocycles. The molecule has 1 aromatic heterocycles. The third-order valence-corrected chi connectivity index (χ3v) is 4.79. The predicted octanol–water partition coefficient (Wildman–Crippen LogP) is 2.43. The van der Waals surface area contributed by atoms with Crippen molar-refractivity contribution in [2.45, 2.75) is 70.5 Å². The van der Waals surface area contributed by atoms with E-state index in [0.717, 1.165) is 12.6 Å². The number of piperidine rings is 1. The molecule has 2 fully saturated rings. The molecule has 3 rings (SSSR count). The van der Waals surface area contributed by atoms with E-state index in [4.69, 9.17) is 0 Å². The van der Waals surface area contributed by atoms with Gasteiger partial charge in [0.15, 0.2) is 0 Å². The molecule has 1 saturated carbocycles. The first-order chi connectivity index (χ1) is 9.93. The zero-order valence-corrected chi connectivity index (χ0v) is 14.0. The molecular weight excluding hydrogens is 260 g/mol. The van der Waals surface area contributed by atoms with Gasteiger partial charge in [-0.25, -0.2) is 0 Å². The van der Waals surface area contributed by atoms with E-state index >= 15 is 0 Å². The second-order valence-electron chi connectivity index (χ2n) is 7.85. The summed E-state index contributed by atoms with van der Waals surface area (Å²) in [7, 11) is 2.02. The van der Waals surface area contributed by atoms with Crippen LogP contribution in [0.25, 0.3) is 0 Å². The lowest BCUT2D eigenvalue weighted by molar-refractivity contribution is 0.189. The van der Waals surface area contributed by atoms with E-state index in [1.54, 1.807) is 0 Å². The van der Waals surface area contributed by atoms with Gasteiger partial charge in [0.25, 0.3) is 0 Å². The standard InChI is InChI=1S/C17H30N4/c1-17(2,3)16-13(12-20(4)19-16)11-18-14-7-9-21(10-8-14)15-5-6-15/h12,14-15,18H,5-11H2,1-4H3. The molecule has 1 aliphatic heterocycles. The lowest BCUT2D eigenvalue weighted by atomic mass is 9.89. The van der Waals surface area contributed by atoms with E-state index in [2.05, 4.69) is 42.3 Å². The third kappa shape index (κ3) is 3.67. The van der Waals surface area contributed by atoms with Crippen LogP contribution in [-0.2, 0) is 19.0 Å². The minimum atomic E-state index is 0.119. The second kappa shape index (κ2) is 5.73. The Morgan fingerprint density at radius 1 is 1.19 bits per heavy atom. The maximum absolute atomic E-state index is 4.66. The number of nitrogens with one attached hydrogen (secondary N) is 1. The van der Waals surface area contributed by atoms with Gasteiger partial charge in [-0.15, -0.1) is 0 Å². The van der Waals surface area contributed by atoms with Gasteiger partial charge in [-0.2, -0.15) is 5.10 Å². The highest BCUT2D eigenvalue weighted by Gasteiger charge is 2.31. The number of aryl methyl sites for hydroxylation is 1. The van der Waals surface area contributed by atoms with E-state index in [9.17, 15) is 0 Å². The highest BCUT2D eigenvalue weighted by Crippen LogP contribution is 2.29. The molecule has 1 aromatic rings. The Morgan fingerprint density at radius 2 is 1.86 bits per heavy atom. The monoisotopic (exact) mass is 290 g/mol. The summed E-state index contributed by atoms with van der Waals surface area (Å²) in [6, 6.07) is 1.60. The van der Waals surface area contributed by atoms with Crippen LogP contribution in [0.4, 0.5) is 0 Å². The highest BCUT2D eigenvalue weighted by molar-refractivity contribution is 5.24. The van der Waals surface area contributed by atoms with Crippen molar-refractivity contribution >= 4 is 0 Å². The molecule has 118 valence electrons. The first-order valence-corrected chi connectivity index (χ1v) is 8.44. The lowest BCUT2D eigenvalue weighted by Gasteiger charge is -2.32. The smallest absolute Gasteiger partial charge is 0.0722 e. The summed E-state index contributed by atoms with van der Waals surface area (Å²) in [5.74, 6) is 0. The highest BCUT2D eigenvalue weighted by atomic mass is 15.3. The fraction of sp³-hybridized carbons (Fsp3) is 0.824. The summed E-state index contributed by atoms with van der Waals surface area (Å²) in [4.78, 5) is 2.68. The maximum atomic E-state index is 4.66. The van der Waals surface area contributed by atoms with Crippen molar-refractivity contribution in [3.05, 3.63) is 17.5 Å². The van der Waals surface area contributed by atoms with Crippen LogP contribution in [0.15, 0.2) is 6.20 Å². The lowest BCUT2D eigenvalue weighted by Crippen LogP contribution is -2.43. The average Bonchev–Trinajstić information content (AvgIpc) is 3.19. The third-order valence-electron chi connectivity index (χ3n) is 4.79. The molecule has 21 heavy (non-hydrogen) atoms. The van der Waals surface area contributed by atoms with E-state index in [0.29, 0.717) is 6.04 Å². The molecule has 0 amide bonds. The molecule has 4 nitrogen and oxygen atoms in total. The molecule has 0 unspecified atom stereocenters. The van der Waals surface area contributed by atoms with Gasteiger partial charge in [0.1, 0.15) is 0 Å². The van der Waals surface area contributed by atoms with Gasteiger partial charge in [-0.1, -0.05) is 20.8 Å². The first kappa shape index (κ1) is 15.0. The van der Waals surface area contributed by atoms with Crippen molar-refractivity contribution in [3.63, 3.8) is 0 Å². The van der Waals surface area contributed by atoms with Crippen LogP contribution < -0.4 is 5.32 Å². The second-order valence-corrected chi connectivity index (χ2v) is 7.85. The fourth-order valence-corrected chi connectivity index (χ4v) is 3.46. The van der Waals surface area contributed by atoms with Crippen LogP contribution in [0.5, 0.6) is 0 Å². The van der Waals surface area contributed by atoms with Gasteiger partial charge in [-0.3, -0.25) is 4.68 Å². The van der Waals surface area contributed by atoms with Gasteiger partial charge in [-0.05, 0) is 38.8 Å². The summed E-state index contributed by atoms with van der Waals surface area (Å²) < 4.78 is 1.95. The minimum absolute atomic E-state index is 0.119. The zero-order chi connectivity index (χ0) is 15.0. The quantitative estimate of drug-likeness (QED) is 0.924. The topological polar surface area (TPSA) is 33.1 Å². The number of nitrogens with zero attached hydrogens (tertiary/aromatic N) is 3. The van der Waals surface area contributed by atoms with Crippen LogP contribution >= 0.6 is 0 Å². The fourth-order valence-electron chi connectivity index (χ4n) is 3.46. The SMILES string of the molecule is Cn1cc(CNC2CCN(C3CC3)CC2)c(C(C)(C)C)n1. The van der Waals surface area contributed by atoms with Crippen molar-refractivity contribution < 1.29 is 0 Å². The largest absolute Gasteiger partial charge is 0.310 e. The summed E-state index contributed by atoms with van der Waals surface area (Å²) in [6.45, 7) is 10.2. The Balaban J connectivity index is 1.53. The van der Waals surface area contributed by atoms with Crippen LogP contribution in [0.3, 0.4) is 0 Å². The molecule has 0 aromatic carbocycles. The summed E-state index contributed by atoms with van der Waals surface area (Å²) in [6.07, 6.45) is 7.63. The zero-order valence-electron chi connectivity index (χ0n) is 14.0. The molecular formula is C17H30N4. The Labute approximate surface area is 128 Å². The summed E-state index contributed by atoms with van der Waals surface area (Å²) >= 11 is 0. The Hall–Kier alpha value is -0.870. The first-order valence-electron chi connectivity index (χ1n) is 8.44. The predicted molar refractivity (Wildman–Crippen MR) is 86.4 cm³/mol. The van der Waals surface area contributed by atoms with Gasteiger partial charge in [0.05, 0.1) is 5.69 Å². The number of hydrogen-bond donors (Lipinski definition) is 1. The van der Waals surface area contributed by atoms with Gasteiger partial charge in [0.2, 0.25) is 0 Å². The molecule has 4 heteroatoms. The normalized spacial score (nSPS) is 21.9. The number of rotatable bonds is 4. The number of hydrogen-bond acceptors (Lipinski definition) is 3. The Kier molecular flexibility index (Phi) is 4.10. The van der Waals surface area contributed by atoms with E-state index < -0.39 is 0 Å². The summed E-state index contributed by atoms with van der Waals surface area (Å²) in [5, 5.41) is 8.42. The van der Waals surface area contributed by atoms with Crippen LogP contribution in [0, 0.1) is 0 Å². The molecule has 0 spiro atoms. The maximum Gasteiger partial charge on any atom is 0.0722 e. The van der Waals surface area contributed by atoms with E-state index in [-0.39, 0.29) is 5.41 Å². The van der Waals surface area contributed by atoms with Gasteiger partial charge in [0, 0.05) is 42.9 Å². The van der Waals surface area contributed by atoms with Crippen molar-refractivity contribution in [2.75, 3.05) is 13.1 Å². The van der Waals surface area contributed by atoms with Gasteiger partial charge < -0.3 is 10.2 Å². The number of aromatic nitrogens is 2. The molecule has 0 bridgehead atoms. The Bertz CT molecular complexity index is 473. The number of likely N-dealkylation sites (tertiary alicyclic amines) is 1. The van der Waals surface area contributed by atoms with Crippen LogP contribution in [0.2, 0.25) is 0 Å². The van der Waals surface area contributed by atoms with Crippen molar-refractivity contribution in [3.8, 4) is 0 Å². The van der Waals surface area contributed by atoms with Crippen molar-refractivity contribution in [1.82, 2.24) is 20.0 Å². The van der Waals surface area contributed by atoms with Crippen molar-refractivity contribution in [1.29, 1.82) is 0 Å². The molecule has 0 radical (unpaired) electrons. The van der Waals surface area contributed by atoms with E-state index in [1.165, 1.54) is 50.0 Å². The molecule has 1 aliphatic carbocycles. The molecule has 2 aliphatic rings. The average molecular weight is 290 g/mol. The molecule has 0 atom stereocenters.